The van der Waals surface area contributed by atoms with Gasteiger partial charge in [-0.05, 0) is 46.7 Å². The van der Waals surface area contributed by atoms with Crippen molar-refractivity contribution in [2.45, 2.75) is 0 Å². The van der Waals surface area contributed by atoms with E-state index in [1.165, 1.54) is 16.3 Å². The second-order valence-electron chi connectivity index (χ2n) is 5.19. The molecule has 4 rings (SSSR count). The number of fused-ring (bicyclic) bond motifs is 2. The van der Waals surface area contributed by atoms with E-state index in [0.29, 0.717) is 0 Å². The number of H-pyrrole nitrogens is 1. The van der Waals surface area contributed by atoms with Crippen molar-refractivity contribution in [1.29, 1.82) is 0 Å². The maximum atomic E-state index is 5.46. The van der Waals surface area contributed by atoms with E-state index in [1.807, 2.05) is 18.2 Å². The Kier molecular flexibility index (Phi) is 2.55. The largest absolute Gasteiger partial charge is 0.355 e. The van der Waals surface area contributed by atoms with Crippen LogP contribution >= 0.6 is 0 Å². The van der Waals surface area contributed by atoms with Crippen molar-refractivity contribution in [3.05, 3.63) is 72.3 Å². The molecule has 0 atom stereocenters. The lowest BCUT2D eigenvalue weighted by atomic mass is 10.1. The molecule has 1 heteroatoms. The number of benzene rings is 3. The molecule has 1 heterocycles. The molecule has 1 N–H and O–H groups in total. The van der Waals surface area contributed by atoms with E-state index in [0.717, 1.165) is 22.2 Å². The normalized spacial score (nSPS) is 10.8. The maximum absolute atomic E-state index is 5.46. The Hall–Kier alpha value is -2.98. The van der Waals surface area contributed by atoms with Gasteiger partial charge >= 0.3 is 0 Å². The molecule has 1 aromatic heterocycles. The topological polar surface area (TPSA) is 15.8 Å². The number of rotatable bonds is 1. The lowest BCUT2D eigenvalue weighted by Gasteiger charge is -2.01. The molecule has 0 saturated heterocycles. The number of aromatic nitrogens is 1. The smallest absolute Gasteiger partial charge is 0.0465 e. The summed E-state index contributed by atoms with van der Waals surface area (Å²) in [4.78, 5) is 3.46. The number of hydrogen-bond acceptors (Lipinski definition) is 0. The van der Waals surface area contributed by atoms with Gasteiger partial charge in [-0.15, -0.1) is 6.42 Å². The van der Waals surface area contributed by atoms with Crippen LogP contribution in [0.15, 0.2) is 66.7 Å². The van der Waals surface area contributed by atoms with E-state index >= 15 is 0 Å². The monoisotopic (exact) mass is 267 g/mol. The molecule has 21 heavy (non-hydrogen) atoms. The summed E-state index contributed by atoms with van der Waals surface area (Å²) >= 11 is 0. The van der Waals surface area contributed by atoms with Gasteiger partial charge in [0.05, 0.1) is 0 Å². The highest BCUT2D eigenvalue weighted by Crippen LogP contribution is 2.27. The Labute approximate surface area is 123 Å². The van der Waals surface area contributed by atoms with E-state index < -0.39 is 0 Å². The van der Waals surface area contributed by atoms with Crippen molar-refractivity contribution in [3.63, 3.8) is 0 Å². The van der Waals surface area contributed by atoms with Crippen LogP contribution in [0.4, 0.5) is 0 Å². The lowest BCUT2D eigenvalue weighted by molar-refractivity contribution is 1.46. The summed E-state index contributed by atoms with van der Waals surface area (Å²) in [7, 11) is 0. The van der Waals surface area contributed by atoms with Crippen LogP contribution in [0, 0.1) is 12.3 Å². The Morgan fingerprint density at radius 1 is 0.762 bits per heavy atom. The van der Waals surface area contributed by atoms with Crippen molar-refractivity contribution < 1.29 is 0 Å². The molecule has 4 aromatic rings. The number of nitrogens with one attached hydrogen (secondary N) is 1. The highest BCUT2D eigenvalue weighted by atomic mass is 14.7. The quantitative estimate of drug-likeness (QED) is 0.469. The van der Waals surface area contributed by atoms with Gasteiger partial charge in [0.1, 0.15) is 0 Å². The van der Waals surface area contributed by atoms with Crippen LogP contribution < -0.4 is 0 Å². The van der Waals surface area contributed by atoms with Gasteiger partial charge in [0, 0.05) is 22.2 Å². The molecular formula is C20H13N. The van der Waals surface area contributed by atoms with Gasteiger partial charge in [-0.1, -0.05) is 42.3 Å². The van der Waals surface area contributed by atoms with Crippen LogP contribution in [-0.4, -0.2) is 4.98 Å². The molecular weight excluding hydrogens is 254 g/mol. The third kappa shape index (κ3) is 1.98. The fourth-order valence-electron chi connectivity index (χ4n) is 2.73. The molecule has 3 aromatic carbocycles. The molecule has 0 aliphatic heterocycles. The predicted octanol–water partition coefficient (Wildman–Crippen LogP) is 4.97. The highest BCUT2D eigenvalue weighted by Gasteiger charge is 2.04. The molecule has 98 valence electrons. The second-order valence-corrected chi connectivity index (χ2v) is 5.19. The molecule has 0 fully saturated rings. The van der Waals surface area contributed by atoms with Gasteiger partial charge in [0.2, 0.25) is 0 Å². The minimum atomic E-state index is 0.909. The van der Waals surface area contributed by atoms with Gasteiger partial charge in [0.25, 0.3) is 0 Å². The van der Waals surface area contributed by atoms with Gasteiger partial charge in [0.15, 0.2) is 0 Å². The van der Waals surface area contributed by atoms with Crippen LogP contribution in [0.1, 0.15) is 5.56 Å². The van der Waals surface area contributed by atoms with E-state index in [9.17, 15) is 0 Å². The first kappa shape index (κ1) is 11.8. The minimum absolute atomic E-state index is 0.909. The Morgan fingerprint density at radius 2 is 1.62 bits per heavy atom. The van der Waals surface area contributed by atoms with Crippen LogP contribution in [0.2, 0.25) is 0 Å². The first-order valence-corrected chi connectivity index (χ1v) is 6.92. The van der Waals surface area contributed by atoms with Gasteiger partial charge in [-0.2, -0.15) is 0 Å². The molecule has 0 saturated carbocycles. The molecule has 0 radical (unpaired) electrons. The third-order valence-electron chi connectivity index (χ3n) is 3.85. The van der Waals surface area contributed by atoms with Gasteiger partial charge in [-0.3, -0.25) is 0 Å². The summed E-state index contributed by atoms with van der Waals surface area (Å²) in [6.07, 6.45) is 5.46. The van der Waals surface area contributed by atoms with Crippen LogP contribution in [0.3, 0.4) is 0 Å². The fraction of sp³-hybridized carbons (Fsp3) is 0. The first-order chi connectivity index (χ1) is 10.3. The number of aromatic amines is 1. The molecule has 0 unspecified atom stereocenters. The molecule has 0 aliphatic rings. The van der Waals surface area contributed by atoms with E-state index in [-0.39, 0.29) is 0 Å². The molecule has 0 spiro atoms. The van der Waals surface area contributed by atoms with Gasteiger partial charge < -0.3 is 4.98 Å². The standard InChI is InChI=1S/C20H13N/c1-2-14-7-10-19-18(11-14)13-20(21-19)17-9-8-15-5-3-4-6-16(15)12-17/h1,3-13,21H. The zero-order chi connectivity index (χ0) is 14.2. The summed E-state index contributed by atoms with van der Waals surface area (Å²) in [5.74, 6) is 2.68. The molecule has 0 bridgehead atoms. The number of hydrogen-bond donors (Lipinski definition) is 1. The van der Waals surface area contributed by atoms with Crippen LogP contribution in [0.25, 0.3) is 32.9 Å². The van der Waals surface area contributed by atoms with Crippen molar-refractivity contribution in [2.24, 2.45) is 0 Å². The summed E-state index contributed by atoms with van der Waals surface area (Å²) in [5, 5.41) is 3.65. The highest BCUT2D eigenvalue weighted by molar-refractivity contribution is 5.91. The lowest BCUT2D eigenvalue weighted by Crippen LogP contribution is -1.78. The van der Waals surface area contributed by atoms with Crippen molar-refractivity contribution in [1.82, 2.24) is 4.98 Å². The predicted molar refractivity (Wildman–Crippen MR) is 89.2 cm³/mol. The third-order valence-corrected chi connectivity index (χ3v) is 3.85. The van der Waals surface area contributed by atoms with Gasteiger partial charge in [-0.25, -0.2) is 0 Å². The average molecular weight is 267 g/mol. The molecule has 0 amide bonds. The summed E-state index contributed by atoms with van der Waals surface area (Å²) in [6, 6.07) is 23.1. The molecule has 1 nitrogen and oxygen atoms in total. The molecule has 0 aliphatic carbocycles. The second kappa shape index (κ2) is 4.54. The zero-order valence-electron chi connectivity index (χ0n) is 11.4. The van der Waals surface area contributed by atoms with Crippen LogP contribution in [0.5, 0.6) is 0 Å². The first-order valence-electron chi connectivity index (χ1n) is 6.92. The Bertz CT molecular complexity index is 999. The zero-order valence-corrected chi connectivity index (χ0v) is 11.4. The van der Waals surface area contributed by atoms with Crippen LogP contribution in [-0.2, 0) is 0 Å². The summed E-state index contributed by atoms with van der Waals surface area (Å²) in [5.41, 5.74) is 4.32. The number of terminal acetylenes is 1. The summed E-state index contributed by atoms with van der Waals surface area (Å²) in [6.45, 7) is 0. The Morgan fingerprint density at radius 3 is 2.48 bits per heavy atom. The fourth-order valence-corrected chi connectivity index (χ4v) is 2.73. The van der Waals surface area contributed by atoms with Crippen molar-refractivity contribution >= 4 is 21.7 Å². The average Bonchev–Trinajstić information content (AvgIpc) is 2.97. The summed E-state index contributed by atoms with van der Waals surface area (Å²) < 4.78 is 0. The van der Waals surface area contributed by atoms with Crippen molar-refractivity contribution in [2.75, 3.05) is 0 Å². The van der Waals surface area contributed by atoms with Crippen molar-refractivity contribution in [3.8, 4) is 23.6 Å². The SMILES string of the molecule is C#Cc1ccc2[nH]c(-c3ccc4ccccc4c3)cc2c1. The van der Waals surface area contributed by atoms with E-state index in [1.54, 1.807) is 0 Å². The van der Waals surface area contributed by atoms with E-state index in [4.69, 9.17) is 6.42 Å². The Balaban J connectivity index is 1.89. The minimum Gasteiger partial charge on any atom is -0.355 e. The van der Waals surface area contributed by atoms with E-state index in [2.05, 4.69) is 59.4 Å². The maximum Gasteiger partial charge on any atom is 0.0465 e.